The Balaban J connectivity index is 2.49. The van der Waals surface area contributed by atoms with Gasteiger partial charge in [-0.2, -0.15) is 0 Å². The third-order valence-electron chi connectivity index (χ3n) is 3.10. The molecule has 0 aromatic heterocycles. The van der Waals surface area contributed by atoms with Crippen LogP contribution in [0.2, 0.25) is 5.02 Å². The summed E-state index contributed by atoms with van der Waals surface area (Å²) in [4.78, 5) is 0. The Morgan fingerprint density at radius 1 is 1.39 bits per heavy atom. The normalized spacial score (nSPS) is 12.4. The SMILES string of the molecule is C=CCCCCCC(NC)c1ccc(Cl)c(F)c1. The van der Waals surface area contributed by atoms with Gasteiger partial charge in [0, 0.05) is 6.04 Å². The molecule has 0 amide bonds. The van der Waals surface area contributed by atoms with Gasteiger partial charge in [0.1, 0.15) is 5.82 Å². The van der Waals surface area contributed by atoms with E-state index >= 15 is 0 Å². The fourth-order valence-corrected chi connectivity index (χ4v) is 2.14. The first-order valence-electron chi connectivity index (χ1n) is 6.42. The monoisotopic (exact) mass is 269 g/mol. The number of unbranched alkanes of at least 4 members (excludes halogenated alkanes) is 3. The number of hydrogen-bond donors (Lipinski definition) is 1. The maximum Gasteiger partial charge on any atom is 0.142 e. The minimum atomic E-state index is -0.346. The molecule has 0 radical (unpaired) electrons. The molecule has 1 unspecified atom stereocenters. The molecule has 1 atom stereocenters. The Morgan fingerprint density at radius 2 is 2.17 bits per heavy atom. The van der Waals surface area contributed by atoms with Crippen molar-refractivity contribution in [1.82, 2.24) is 5.32 Å². The van der Waals surface area contributed by atoms with Crippen LogP contribution in [0.3, 0.4) is 0 Å². The van der Waals surface area contributed by atoms with E-state index in [2.05, 4.69) is 11.9 Å². The van der Waals surface area contributed by atoms with Crippen molar-refractivity contribution in [1.29, 1.82) is 0 Å². The molecule has 1 N–H and O–H groups in total. The van der Waals surface area contributed by atoms with Crippen LogP contribution in [0.25, 0.3) is 0 Å². The molecule has 0 bridgehead atoms. The van der Waals surface area contributed by atoms with Gasteiger partial charge in [0.2, 0.25) is 0 Å². The fourth-order valence-electron chi connectivity index (χ4n) is 2.02. The highest BCUT2D eigenvalue weighted by molar-refractivity contribution is 6.30. The molecule has 0 fully saturated rings. The average Bonchev–Trinajstić information content (AvgIpc) is 2.37. The predicted octanol–water partition coefficient (Wildman–Crippen LogP) is 4.88. The second-order valence-corrected chi connectivity index (χ2v) is 4.85. The van der Waals surface area contributed by atoms with Crippen molar-refractivity contribution in [2.75, 3.05) is 7.05 Å². The first-order valence-corrected chi connectivity index (χ1v) is 6.80. The van der Waals surface area contributed by atoms with Gasteiger partial charge >= 0.3 is 0 Å². The third-order valence-corrected chi connectivity index (χ3v) is 3.40. The quantitative estimate of drug-likeness (QED) is 0.524. The number of hydrogen-bond acceptors (Lipinski definition) is 1. The van der Waals surface area contributed by atoms with E-state index in [0.29, 0.717) is 0 Å². The second kappa shape index (κ2) is 8.28. The zero-order chi connectivity index (χ0) is 13.4. The molecule has 100 valence electrons. The summed E-state index contributed by atoms with van der Waals surface area (Å²) in [5.74, 6) is -0.346. The van der Waals surface area contributed by atoms with Gasteiger partial charge in [-0.3, -0.25) is 0 Å². The van der Waals surface area contributed by atoms with E-state index in [9.17, 15) is 4.39 Å². The number of halogens is 2. The van der Waals surface area contributed by atoms with E-state index in [-0.39, 0.29) is 16.9 Å². The maximum atomic E-state index is 13.4. The highest BCUT2D eigenvalue weighted by Crippen LogP contribution is 2.23. The zero-order valence-corrected chi connectivity index (χ0v) is 11.6. The minimum Gasteiger partial charge on any atom is -0.313 e. The summed E-state index contributed by atoms with van der Waals surface area (Å²) in [6.07, 6.45) is 7.51. The standard InChI is InChI=1S/C15H21ClFN/c1-3-4-5-6-7-8-15(18-2)12-9-10-13(16)14(17)11-12/h3,9-11,15,18H,1,4-8H2,2H3. The van der Waals surface area contributed by atoms with Crippen LogP contribution in [0.4, 0.5) is 4.39 Å². The van der Waals surface area contributed by atoms with Gasteiger partial charge in [0.25, 0.3) is 0 Å². The summed E-state index contributed by atoms with van der Waals surface area (Å²) in [7, 11) is 1.90. The van der Waals surface area contributed by atoms with Gasteiger partial charge in [0.15, 0.2) is 0 Å². The van der Waals surface area contributed by atoms with Crippen molar-refractivity contribution in [2.45, 2.75) is 38.1 Å². The molecule has 0 aliphatic rings. The Labute approximate surface area is 114 Å². The molecule has 0 saturated heterocycles. The van der Waals surface area contributed by atoms with Crippen molar-refractivity contribution < 1.29 is 4.39 Å². The van der Waals surface area contributed by atoms with E-state index in [1.54, 1.807) is 6.07 Å². The van der Waals surface area contributed by atoms with Crippen molar-refractivity contribution in [3.8, 4) is 0 Å². The van der Waals surface area contributed by atoms with Gasteiger partial charge in [-0.05, 0) is 44.0 Å². The highest BCUT2D eigenvalue weighted by Gasteiger charge is 2.10. The Morgan fingerprint density at radius 3 is 2.78 bits per heavy atom. The third kappa shape index (κ3) is 4.79. The average molecular weight is 270 g/mol. The molecule has 1 nitrogen and oxygen atoms in total. The predicted molar refractivity (Wildman–Crippen MR) is 76.5 cm³/mol. The number of rotatable bonds is 8. The number of nitrogens with one attached hydrogen (secondary N) is 1. The summed E-state index contributed by atoms with van der Waals surface area (Å²) in [6, 6.07) is 5.22. The van der Waals surface area contributed by atoms with Crippen LogP contribution in [-0.4, -0.2) is 7.05 Å². The minimum absolute atomic E-state index is 0.180. The van der Waals surface area contributed by atoms with Crippen LogP contribution in [0, 0.1) is 5.82 Å². The summed E-state index contributed by atoms with van der Waals surface area (Å²) < 4.78 is 13.4. The van der Waals surface area contributed by atoms with Crippen LogP contribution < -0.4 is 5.32 Å². The Hall–Kier alpha value is -0.860. The van der Waals surface area contributed by atoms with Crippen LogP contribution in [0.1, 0.15) is 43.7 Å². The van der Waals surface area contributed by atoms with Crippen molar-refractivity contribution in [2.24, 2.45) is 0 Å². The number of benzene rings is 1. The Kier molecular flexibility index (Phi) is 6.99. The van der Waals surface area contributed by atoms with Gasteiger partial charge in [0.05, 0.1) is 5.02 Å². The van der Waals surface area contributed by atoms with E-state index in [4.69, 9.17) is 11.6 Å². The second-order valence-electron chi connectivity index (χ2n) is 4.44. The topological polar surface area (TPSA) is 12.0 Å². The fraction of sp³-hybridized carbons (Fsp3) is 0.467. The van der Waals surface area contributed by atoms with E-state index in [0.717, 1.165) is 24.8 Å². The van der Waals surface area contributed by atoms with Crippen LogP contribution in [-0.2, 0) is 0 Å². The largest absolute Gasteiger partial charge is 0.313 e. The van der Waals surface area contributed by atoms with Crippen molar-refractivity contribution in [3.63, 3.8) is 0 Å². The van der Waals surface area contributed by atoms with Gasteiger partial charge < -0.3 is 5.32 Å². The van der Waals surface area contributed by atoms with Crippen molar-refractivity contribution in [3.05, 3.63) is 47.3 Å². The lowest BCUT2D eigenvalue weighted by atomic mass is 10.00. The molecule has 18 heavy (non-hydrogen) atoms. The smallest absolute Gasteiger partial charge is 0.142 e. The molecule has 0 aliphatic heterocycles. The summed E-state index contributed by atoms with van der Waals surface area (Å²) >= 11 is 5.69. The lowest BCUT2D eigenvalue weighted by Crippen LogP contribution is -2.16. The lowest BCUT2D eigenvalue weighted by molar-refractivity contribution is 0.504. The first kappa shape index (κ1) is 15.2. The van der Waals surface area contributed by atoms with E-state index in [1.165, 1.54) is 18.9 Å². The van der Waals surface area contributed by atoms with Gasteiger partial charge in [-0.1, -0.05) is 36.6 Å². The van der Waals surface area contributed by atoms with Crippen LogP contribution in [0.5, 0.6) is 0 Å². The molecule has 3 heteroatoms. The van der Waals surface area contributed by atoms with Crippen molar-refractivity contribution >= 4 is 11.6 Å². The van der Waals surface area contributed by atoms with Gasteiger partial charge in [-0.25, -0.2) is 4.39 Å². The van der Waals surface area contributed by atoms with E-state index in [1.807, 2.05) is 19.2 Å². The molecule has 0 aliphatic carbocycles. The summed E-state index contributed by atoms with van der Waals surface area (Å²) in [5.41, 5.74) is 0.961. The zero-order valence-electron chi connectivity index (χ0n) is 10.9. The summed E-state index contributed by atoms with van der Waals surface area (Å²) in [6.45, 7) is 3.71. The highest BCUT2D eigenvalue weighted by atomic mass is 35.5. The molecule has 1 rings (SSSR count). The molecular weight excluding hydrogens is 249 g/mol. The number of allylic oxidation sites excluding steroid dienone is 1. The van der Waals surface area contributed by atoms with E-state index < -0.39 is 0 Å². The van der Waals surface area contributed by atoms with Crippen LogP contribution >= 0.6 is 11.6 Å². The lowest BCUT2D eigenvalue weighted by Gasteiger charge is -2.16. The molecular formula is C15H21ClFN. The van der Waals surface area contributed by atoms with Crippen LogP contribution in [0.15, 0.2) is 30.9 Å². The maximum absolute atomic E-state index is 13.4. The molecule has 0 saturated carbocycles. The summed E-state index contributed by atoms with van der Waals surface area (Å²) in [5, 5.41) is 3.41. The molecule has 1 aromatic carbocycles. The molecule has 0 heterocycles. The molecule has 1 aromatic rings. The molecule has 0 spiro atoms. The Bertz CT molecular complexity index is 379. The first-order chi connectivity index (χ1) is 8.69. The van der Waals surface area contributed by atoms with Gasteiger partial charge in [-0.15, -0.1) is 6.58 Å².